The monoisotopic (exact) mass is 305 g/mol. The van der Waals surface area contributed by atoms with Crippen molar-refractivity contribution in [2.75, 3.05) is 29.5 Å². The molecule has 0 saturated carbocycles. The highest BCUT2D eigenvalue weighted by atomic mass is 32.2. The van der Waals surface area contributed by atoms with Crippen LogP contribution in [0.3, 0.4) is 0 Å². The SMILES string of the molecule is CC(C)(O)CCn1cc2ccc(N3CCSCC3)cc2n1. The van der Waals surface area contributed by atoms with Crippen LogP contribution in [0.4, 0.5) is 5.69 Å². The van der Waals surface area contributed by atoms with Gasteiger partial charge in [0.25, 0.3) is 0 Å². The Kier molecular flexibility index (Phi) is 4.13. The Morgan fingerprint density at radius 2 is 2.05 bits per heavy atom. The van der Waals surface area contributed by atoms with Crippen molar-refractivity contribution in [1.29, 1.82) is 0 Å². The summed E-state index contributed by atoms with van der Waals surface area (Å²) in [5.74, 6) is 2.41. The van der Waals surface area contributed by atoms with Crippen LogP contribution in [0.5, 0.6) is 0 Å². The highest BCUT2D eigenvalue weighted by molar-refractivity contribution is 7.99. The summed E-state index contributed by atoms with van der Waals surface area (Å²) in [7, 11) is 0. The van der Waals surface area contributed by atoms with Crippen LogP contribution >= 0.6 is 11.8 Å². The fourth-order valence-electron chi connectivity index (χ4n) is 2.58. The number of thioether (sulfide) groups is 1. The quantitative estimate of drug-likeness (QED) is 0.943. The van der Waals surface area contributed by atoms with E-state index >= 15 is 0 Å². The number of hydrogen-bond acceptors (Lipinski definition) is 4. The average Bonchev–Trinajstić information content (AvgIpc) is 2.87. The molecule has 21 heavy (non-hydrogen) atoms. The summed E-state index contributed by atoms with van der Waals surface area (Å²) >= 11 is 2.02. The number of rotatable bonds is 4. The van der Waals surface area contributed by atoms with Crippen LogP contribution in [-0.2, 0) is 6.54 Å². The molecule has 0 atom stereocenters. The number of aryl methyl sites for hydroxylation is 1. The molecule has 4 nitrogen and oxygen atoms in total. The van der Waals surface area contributed by atoms with Crippen molar-refractivity contribution in [3.05, 3.63) is 24.4 Å². The van der Waals surface area contributed by atoms with Gasteiger partial charge in [0.1, 0.15) is 0 Å². The van der Waals surface area contributed by atoms with Crippen LogP contribution in [0, 0.1) is 0 Å². The molecule has 1 aromatic carbocycles. The van der Waals surface area contributed by atoms with Gasteiger partial charge < -0.3 is 10.0 Å². The fraction of sp³-hybridized carbons (Fsp3) is 0.562. The summed E-state index contributed by atoms with van der Waals surface area (Å²) in [6.07, 6.45) is 2.77. The predicted octanol–water partition coefficient (Wildman–Crippen LogP) is 2.75. The molecule has 114 valence electrons. The molecule has 1 N–H and O–H groups in total. The first-order valence-electron chi connectivity index (χ1n) is 7.54. The Morgan fingerprint density at radius 1 is 1.29 bits per heavy atom. The molecular weight excluding hydrogens is 282 g/mol. The molecule has 1 saturated heterocycles. The van der Waals surface area contributed by atoms with E-state index in [0.29, 0.717) is 6.42 Å². The van der Waals surface area contributed by atoms with Crippen molar-refractivity contribution >= 4 is 28.4 Å². The maximum Gasteiger partial charge on any atom is 0.0943 e. The maximum absolute atomic E-state index is 9.82. The molecule has 3 rings (SSSR count). The third-order valence-electron chi connectivity index (χ3n) is 3.87. The summed E-state index contributed by atoms with van der Waals surface area (Å²) < 4.78 is 1.94. The van der Waals surface area contributed by atoms with Crippen LogP contribution in [0.2, 0.25) is 0 Å². The molecule has 1 aliphatic rings. The molecule has 0 aliphatic carbocycles. The lowest BCUT2D eigenvalue weighted by atomic mass is 10.1. The lowest BCUT2D eigenvalue weighted by Gasteiger charge is -2.28. The molecule has 1 fully saturated rings. The van der Waals surface area contributed by atoms with E-state index in [4.69, 9.17) is 0 Å². The van der Waals surface area contributed by atoms with E-state index in [2.05, 4.69) is 34.4 Å². The molecule has 0 spiro atoms. The Hall–Kier alpha value is -1.20. The van der Waals surface area contributed by atoms with E-state index in [1.165, 1.54) is 22.6 Å². The first-order valence-corrected chi connectivity index (χ1v) is 8.69. The molecule has 1 aliphatic heterocycles. The van der Waals surface area contributed by atoms with Gasteiger partial charge in [-0.2, -0.15) is 16.9 Å². The van der Waals surface area contributed by atoms with Gasteiger partial charge in [-0.3, -0.25) is 4.68 Å². The second-order valence-electron chi connectivity index (χ2n) is 6.30. The first-order chi connectivity index (χ1) is 10.0. The molecule has 1 aromatic heterocycles. The minimum Gasteiger partial charge on any atom is -0.390 e. The Labute approximate surface area is 130 Å². The van der Waals surface area contributed by atoms with Gasteiger partial charge in [0.15, 0.2) is 0 Å². The standard InChI is InChI=1S/C16H23N3OS/c1-16(2,20)5-6-19-12-13-3-4-14(11-15(13)17-19)18-7-9-21-10-8-18/h3-4,11-12,20H,5-10H2,1-2H3. The molecule has 0 radical (unpaired) electrons. The zero-order valence-electron chi connectivity index (χ0n) is 12.7. The fourth-order valence-corrected chi connectivity index (χ4v) is 3.48. The van der Waals surface area contributed by atoms with Crippen molar-refractivity contribution < 1.29 is 5.11 Å². The second-order valence-corrected chi connectivity index (χ2v) is 7.52. The van der Waals surface area contributed by atoms with Crippen LogP contribution in [0.15, 0.2) is 24.4 Å². The van der Waals surface area contributed by atoms with Crippen molar-refractivity contribution in [1.82, 2.24) is 9.78 Å². The van der Waals surface area contributed by atoms with Crippen LogP contribution in [0.25, 0.3) is 10.9 Å². The van der Waals surface area contributed by atoms with E-state index in [1.807, 2.05) is 30.3 Å². The Bertz CT molecular complexity index is 611. The Balaban J connectivity index is 1.78. The lowest BCUT2D eigenvalue weighted by molar-refractivity contribution is 0.0651. The number of aliphatic hydroxyl groups is 1. The largest absolute Gasteiger partial charge is 0.390 e. The molecule has 0 unspecified atom stereocenters. The van der Waals surface area contributed by atoms with Crippen molar-refractivity contribution in [3.63, 3.8) is 0 Å². The van der Waals surface area contributed by atoms with Crippen LogP contribution in [0.1, 0.15) is 20.3 Å². The number of fused-ring (bicyclic) bond motifs is 1. The number of aromatic nitrogens is 2. The minimum absolute atomic E-state index is 0.644. The van der Waals surface area contributed by atoms with E-state index in [1.54, 1.807) is 0 Å². The minimum atomic E-state index is -0.644. The summed E-state index contributed by atoms with van der Waals surface area (Å²) in [5.41, 5.74) is 1.67. The van der Waals surface area contributed by atoms with Gasteiger partial charge in [-0.1, -0.05) is 0 Å². The van der Waals surface area contributed by atoms with Gasteiger partial charge in [0, 0.05) is 48.4 Å². The summed E-state index contributed by atoms with van der Waals surface area (Å²) in [6, 6.07) is 6.53. The molecule has 0 amide bonds. The zero-order chi connectivity index (χ0) is 14.9. The summed E-state index contributed by atoms with van der Waals surface area (Å²) in [5, 5.41) is 15.6. The first kappa shape index (κ1) is 14.7. The summed E-state index contributed by atoms with van der Waals surface area (Å²) in [4.78, 5) is 2.44. The Morgan fingerprint density at radius 3 is 2.76 bits per heavy atom. The van der Waals surface area contributed by atoms with Crippen LogP contribution < -0.4 is 4.90 Å². The van der Waals surface area contributed by atoms with E-state index in [9.17, 15) is 5.11 Å². The van der Waals surface area contributed by atoms with E-state index in [-0.39, 0.29) is 0 Å². The van der Waals surface area contributed by atoms with E-state index < -0.39 is 5.60 Å². The highest BCUT2D eigenvalue weighted by Gasteiger charge is 2.14. The third-order valence-corrected chi connectivity index (χ3v) is 4.81. The average molecular weight is 305 g/mol. The second kappa shape index (κ2) is 5.89. The van der Waals surface area contributed by atoms with Crippen molar-refractivity contribution in [2.45, 2.75) is 32.4 Å². The number of nitrogens with zero attached hydrogens (tertiary/aromatic N) is 3. The third kappa shape index (κ3) is 3.71. The smallest absolute Gasteiger partial charge is 0.0943 e. The maximum atomic E-state index is 9.82. The molecule has 2 heterocycles. The number of anilines is 1. The van der Waals surface area contributed by atoms with E-state index in [0.717, 1.165) is 25.2 Å². The molecule has 2 aromatic rings. The normalized spacial score (nSPS) is 16.6. The van der Waals surface area contributed by atoms with Gasteiger partial charge in [-0.15, -0.1) is 0 Å². The number of benzene rings is 1. The molecular formula is C16H23N3OS. The van der Waals surface area contributed by atoms with Gasteiger partial charge in [-0.05, 0) is 38.5 Å². The van der Waals surface area contributed by atoms with Gasteiger partial charge >= 0.3 is 0 Å². The van der Waals surface area contributed by atoms with Crippen molar-refractivity contribution in [2.24, 2.45) is 0 Å². The lowest BCUT2D eigenvalue weighted by Crippen LogP contribution is -2.32. The predicted molar refractivity (Wildman–Crippen MR) is 90.2 cm³/mol. The zero-order valence-corrected chi connectivity index (χ0v) is 13.6. The van der Waals surface area contributed by atoms with Crippen molar-refractivity contribution in [3.8, 4) is 0 Å². The van der Waals surface area contributed by atoms with Gasteiger partial charge in [0.05, 0.1) is 11.1 Å². The van der Waals surface area contributed by atoms with Gasteiger partial charge in [-0.25, -0.2) is 0 Å². The van der Waals surface area contributed by atoms with Gasteiger partial charge in [0.2, 0.25) is 0 Å². The highest BCUT2D eigenvalue weighted by Crippen LogP contribution is 2.24. The van der Waals surface area contributed by atoms with Crippen LogP contribution in [-0.4, -0.2) is 45.1 Å². The molecule has 0 bridgehead atoms. The molecule has 5 heteroatoms. The number of hydrogen-bond donors (Lipinski definition) is 1. The topological polar surface area (TPSA) is 41.3 Å². The summed E-state index contributed by atoms with van der Waals surface area (Å²) in [6.45, 7) is 6.66.